The van der Waals surface area contributed by atoms with Crippen molar-refractivity contribution in [1.82, 2.24) is 0 Å². The van der Waals surface area contributed by atoms with Crippen LogP contribution in [0.5, 0.6) is 0 Å². The van der Waals surface area contributed by atoms with Crippen LogP contribution in [0, 0.1) is 5.92 Å². The fraction of sp³-hybridized carbons (Fsp3) is 0.600. The van der Waals surface area contributed by atoms with Gasteiger partial charge in [0, 0.05) is 0 Å². The number of aliphatic hydroxyl groups is 1. The van der Waals surface area contributed by atoms with Crippen molar-refractivity contribution >= 4 is 0 Å². The van der Waals surface area contributed by atoms with Crippen LogP contribution < -0.4 is 0 Å². The number of hydrogen-bond acceptors (Lipinski definition) is 1. The molecule has 1 fully saturated rings. The van der Waals surface area contributed by atoms with Gasteiger partial charge >= 0.3 is 0 Å². The third-order valence-corrected chi connectivity index (χ3v) is 4.09. The third-order valence-electron chi connectivity index (χ3n) is 4.09. The first-order valence-electron chi connectivity index (χ1n) is 6.52. The Kier molecular flexibility index (Phi) is 3.65. The molecule has 0 spiro atoms. The van der Waals surface area contributed by atoms with Crippen molar-refractivity contribution in [2.75, 3.05) is 0 Å². The van der Waals surface area contributed by atoms with Crippen molar-refractivity contribution in [3.8, 4) is 0 Å². The second-order valence-corrected chi connectivity index (χ2v) is 5.09. The maximum atomic E-state index is 10.7. The minimum absolute atomic E-state index is 0.600. The van der Waals surface area contributed by atoms with Gasteiger partial charge < -0.3 is 5.11 Å². The molecule has 1 N–H and O–H groups in total. The Labute approximate surface area is 98.5 Å². The quantitative estimate of drug-likeness (QED) is 0.795. The Morgan fingerprint density at radius 2 is 1.94 bits per heavy atom. The number of hydrogen-bond donors (Lipinski definition) is 1. The summed E-state index contributed by atoms with van der Waals surface area (Å²) in [5.74, 6) is 0.877. The van der Waals surface area contributed by atoms with E-state index in [1.807, 2.05) is 30.3 Å². The molecule has 0 bridgehead atoms. The van der Waals surface area contributed by atoms with E-state index < -0.39 is 5.60 Å². The molecule has 1 nitrogen and oxygen atoms in total. The van der Waals surface area contributed by atoms with Gasteiger partial charge in [-0.3, -0.25) is 0 Å². The van der Waals surface area contributed by atoms with Gasteiger partial charge in [-0.1, -0.05) is 56.5 Å². The van der Waals surface area contributed by atoms with E-state index in [1.165, 1.54) is 25.7 Å². The molecule has 1 unspecified atom stereocenters. The summed E-state index contributed by atoms with van der Waals surface area (Å²) in [5, 5.41) is 10.7. The van der Waals surface area contributed by atoms with Gasteiger partial charge in [0.15, 0.2) is 0 Å². The lowest BCUT2D eigenvalue weighted by atomic mass is 9.77. The molecule has 0 radical (unpaired) electrons. The SMILES string of the molecule is CCC(O)(CCC1CCC1)c1ccccc1. The summed E-state index contributed by atoms with van der Waals surface area (Å²) in [4.78, 5) is 0. The van der Waals surface area contributed by atoms with E-state index >= 15 is 0 Å². The van der Waals surface area contributed by atoms with Crippen molar-refractivity contribution < 1.29 is 5.11 Å². The van der Waals surface area contributed by atoms with Crippen molar-refractivity contribution in [3.63, 3.8) is 0 Å². The zero-order valence-electron chi connectivity index (χ0n) is 10.2. The third kappa shape index (κ3) is 2.46. The number of rotatable bonds is 5. The van der Waals surface area contributed by atoms with Gasteiger partial charge in [-0.25, -0.2) is 0 Å². The molecule has 0 heterocycles. The Hall–Kier alpha value is -0.820. The first-order valence-corrected chi connectivity index (χ1v) is 6.52. The molecule has 1 aromatic carbocycles. The zero-order chi connectivity index (χ0) is 11.4. The van der Waals surface area contributed by atoms with Gasteiger partial charge in [0.05, 0.1) is 5.60 Å². The van der Waals surface area contributed by atoms with Crippen LogP contribution in [-0.2, 0) is 5.60 Å². The lowest BCUT2D eigenvalue weighted by molar-refractivity contribution is 0.0132. The van der Waals surface area contributed by atoms with Crippen LogP contribution in [-0.4, -0.2) is 5.11 Å². The van der Waals surface area contributed by atoms with Crippen LogP contribution in [0.3, 0.4) is 0 Å². The van der Waals surface area contributed by atoms with E-state index in [2.05, 4.69) is 6.92 Å². The molecule has 1 saturated carbocycles. The molecule has 1 atom stereocenters. The molecule has 1 aromatic rings. The first kappa shape index (κ1) is 11.7. The largest absolute Gasteiger partial charge is 0.385 e. The van der Waals surface area contributed by atoms with Gasteiger partial charge in [0.25, 0.3) is 0 Å². The average Bonchev–Trinajstić information content (AvgIpc) is 2.28. The Morgan fingerprint density at radius 3 is 2.44 bits per heavy atom. The summed E-state index contributed by atoms with van der Waals surface area (Å²) in [6.07, 6.45) is 7.03. The summed E-state index contributed by atoms with van der Waals surface area (Å²) in [6.45, 7) is 2.08. The lowest BCUT2D eigenvalue weighted by Crippen LogP contribution is -2.26. The molecule has 0 saturated heterocycles. The predicted octanol–water partition coefficient (Wildman–Crippen LogP) is 3.86. The summed E-state index contributed by atoms with van der Waals surface area (Å²) in [7, 11) is 0. The van der Waals surface area contributed by atoms with Crippen molar-refractivity contribution in [3.05, 3.63) is 35.9 Å². The smallest absolute Gasteiger partial charge is 0.0894 e. The van der Waals surface area contributed by atoms with E-state index in [9.17, 15) is 5.11 Å². The normalized spacial score (nSPS) is 20.1. The topological polar surface area (TPSA) is 20.2 Å². The molecule has 0 aliphatic heterocycles. The van der Waals surface area contributed by atoms with E-state index in [0.717, 1.165) is 24.3 Å². The molecule has 0 aromatic heterocycles. The van der Waals surface area contributed by atoms with Crippen LogP contribution in [0.2, 0.25) is 0 Å². The molecule has 1 aliphatic carbocycles. The second-order valence-electron chi connectivity index (χ2n) is 5.09. The van der Waals surface area contributed by atoms with E-state index in [-0.39, 0.29) is 0 Å². The van der Waals surface area contributed by atoms with E-state index in [4.69, 9.17) is 0 Å². The molecule has 2 rings (SSSR count). The van der Waals surface area contributed by atoms with Crippen molar-refractivity contribution in [2.45, 2.75) is 51.0 Å². The highest BCUT2D eigenvalue weighted by Crippen LogP contribution is 2.36. The maximum absolute atomic E-state index is 10.7. The fourth-order valence-electron chi connectivity index (χ4n) is 2.50. The lowest BCUT2D eigenvalue weighted by Gasteiger charge is -2.32. The second kappa shape index (κ2) is 5.01. The van der Waals surface area contributed by atoms with Crippen LogP contribution in [0.4, 0.5) is 0 Å². The Morgan fingerprint density at radius 1 is 1.25 bits per heavy atom. The highest BCUT2D eigenvalue weighted by atomic mass is 16.3. The first-order chi connectivity index (χ1) is 7.74. The van der Waals surface area contributed by atoms with Gasteiger partial charge in [-0.15, -0.1) is 0 Å². The summed E-state index contributed by atoms with van der Waals surface area (Å²) in [5.41, 5.74) is 0.480. The molecule has 1 heteroatoms. The summed E-state index contributed by atoms with van der Waals surface area (Å²) >= 11 is 0. The zero-order valence-corrected chi connectivity index (χ0v) is 10.2. The van der Waals surface area contributed by atoms with Crippen LogP contribution in [0.1, 0.15) is 51.0 Å². The predicted molar refractivity (Wildman–Crippen MR) is 67.2 cm³/mol. The van der Waals surface area contributed by atoms with Gasteiger partial charge in [0.2, 0.25) is 0 Å². The van der Waals surface area contributed by atoms with E-state index in [0.29, 0.717) is 0 Å². The average molecular weight is 218 g/mol. The van der Waals surface area contributed by atoms with Gasteiger partial charge in [0.1, 0.15) is 0 Å². The molecule has 88 valence electrons. The van der Waals surface area contributed by atoms with Crippen molar-refractivity contribution in [2.24, 2.45) is 5.92 Å². The van der Waals surface area contributed by atoms with Crippen LogP contribution in [0.15, 0.2) is 30.3 Å². The fourth-order valence-corrected chi connectivity index (χ4v) is 2.50. The maximum Gasteiger partial charge on any atom is 0.0894 e. The molecular formula is C15H22O. The molecule has 16 heavy (non-hydrogen) atoms. The minimum atomic E-state index is -0.600. The molecule has 1 aliphatic rings. The van der Waals surface area contributed by atoms with Crippen LogP contribution >= 0.6 is 0 Å². The Balaban J connectivity index is 2.00. The monoisotopic (exact) mass is 218 g/mol. The van der Waals surface area contributed by atoms with Crippen LogP contribution in [0.25, 0.3) is 0 Å². The van der Waals surface area contributed by atoms with Gasteiger partial charge in [-0.2, -0.15) is 0 Å². The van der Waals surface area contributed by atoms with Gasteiger partial charge in [-0.05, 0) is 30.7 Å². The highest BCUT2D eigenvalue weighted by molar-refractivity contribution is 5.22. The standard InChI is InChI=1S/C15H22O/c1-2-15(16,12-11-13-7-6-8-13)14-9-4-3-5-10-14/h3-5,9-10,13,16H,2,6-8,11-12H2,1H3. The highest BCUT2D eigenvalue weighted by Gasteiger charge is 2.29. The molecule has 0 amide bonds. The minimum Gasteiger partial charge on any atom is -0.385 e. The molecular weight excluding hydrogens is 196 g/mol. The summed E-state index contributed by atoms with van der Waals surface area (Å²) in [6, 6.07) is 10.1. The number of benzene rings is 1. The van der Waals surface area contributed by atoms with Crippen molar-refractivity contribution in [1.29, 1.82) is 0 Å². The summed E-state index contributed by atoms with van der Waals surface area (Å²) < 4.78 is 0. The Bertz CT molecular complexity index is 315. The van der Waals surface area contributed by atoms with E-state index in [1.54, 1.807) is 0 Å².